The van der Waals surface area contributed by atoms with E-state index >= 15 is 0 Å². The molecule has 0 bridgehead atoms. The van der Waals surface area contributed by atoms with Crippen molar-refractivity contribution in [1.82, 2.24) is 4.31 Å². The lowest BCUT2D eigenvalue weighted by atomic mass is 10.2. The van der Waals surface area contributed by atoms with Gasteiger partial charge in [0.2, 0.25) is 0 Å². The van der Waals surface area contributed by atoms with Crippen LogP contribution in [0.15, 0.2) is 12.1 Å². The Bertz CT molecular complexity index is 556. The highest BCUT2D eigenvalue weighted by atomic mass is 32.2. The molecule has 0 unspecified atom stereocenters. The van der Waals surface area contributed by atoms with Gasteiger partial charge in [-0.25, -0.2) is 0 Å². The molecule has 0 atom stereocenters. The molecule has 7 nitrogen and oxygen atoms in total. The normalized spacial score (nSPS) is 11.4. The molecule has 0 amide bonds. The fraction of sp³-hybridized carbons (Fsp3) is 0.500. The maximum atomic E-state index is 12.2. The van der Waals surface area contributed by atoms with Crippen LogP contribution < -0.4 is 19.9 Å². The lowest BCUT2D eigenvalue weighted by Crippen LogP contribution is -2.35. The molecule has 0 aliphatic rings. The summed E-state index contributed by atoms with van der Waals surface area (Å²) in [5.41, 5.74) is 6.35. The van der Waals surface area contributed by atoms with Gasteiger partial charge in [-0.1, -0.05) is 13.8 Å². The largest absolute Gasteiger partial charge is 0.493 e. The van der Waals surface area contributed by atoms with E-state index in [1.54, 1.807) is 13.8 Å². The van der Waals surface area contributed by atoms with Crippen LogP contribution in [0, 0.1) is 0 Å². The maximum absolute atomic E-state index is 12.2. The number of hydrogen-bond acceptors (Lipinski definition) is 5. The van der Waals surface area contributed by atoms with Crippen LogP contribution in [0.2, 0.25) is 0 Å². The first-order valence-corrected chi connectivity index (χ1v) is 7.62. The predicted octanol–water partition coefficient (Wildman–Crippen LogP) is 1.28. The van der Waals surface area contributed by atoms with E-state index in [1.807, 2.05) is 0 Å². The quantitative estimate of drug-likeness (QED) is 0.740. The minimum absolute atomic E-state index is 0.259. The van der Waals surface area contributed by atoms with E-state index in [2.05, 4.69) is 4.72 Å². The van der Waals surface area contributed by atoms with Gasteiger partial charge in [-0.15, -0.1) is 0 Å². The molecule has 0 fully saturated rings. The predicted molar refractivity (Wildman–Crippen MR) is 79.4 cm³/mol. The summed E-state index contributed by atoms with van der Waals surface area (Å²) >= 11 is 0. The van der Waals surface area contributed by atoms with Gasteiger partial charge in [-0.2, -0.15) is 12.7 Å². The van der Waals surface area contributed by atoms with Gasteiger partial charge in [0.15, 0.2) is 11.5 Å². The van der Waals surface area contributed by atoms with Gasteiger partial charge in [0.05, 0.1) is 25.6 Å². The Morgan fingerprint density at radius 2 is 1.65 bits per heavy atom. The van der Waals surface area contributed by atoms with E-state index in [4.69, 9.17) is 15.2 Å². The summed E-state index contributed by atoms with van der Waals surface area (Å²) in [5, 5.41) is 0. The number of rotatable bonds is 7. The van der Waals surface area contributed by atoms with Gasteiger partial charge >= 0.3 is 10.2 Å². The number of anilines is 2. The van der Waals surface area contributed by atoms with Crippen LogP contribution >= 0.6 is 0 Å². The molecular formula is C12H21N3O4S. The number of hydrogen-bond donors (Lipinski definition) is 2. The van der Waals surface area contributed by atoms with Crippen LogP contribution in [-0.2, 0) is 10.2 Å². The fourth-order valence-electron chi connectivity index (χ4n) is 1.75. The lowest BCUT2D eigenvalue weighted by molar-refractivity contribution is 0.355. The van der Waals surface area contributed by atoms with Crippen molar-refractivity contribution in [3.63, 3.8) is 0 Å². The SMILES string of the molecule is CCN(CC)S(=O)(=O)Nc1cc(OC)c(OC)cc1N. The zero-order chi connectivity index (χ0) is 15.3. The molecule has 8 heteroatoms. The first-order valence-electron chi connectivity index (χ1n) is 6.18. The molecule has 0 aliphatic carbocycles. The summed E-state index contributed by atoms with van der Waals surface area (Å²) in [4.78, 5) is 0. The van der Waals surface area contributed by atoms with Crippen molar-refractivity contribution < 1.29 is 17.9 Å². The van der Waals surface area contributed by atoms with E-state index in [0.29, 0.717) is 24.6 Å². The highest BCUT2D eigenvalue weighted by Gasteiger charge is 2.20. The molecule has 1 rings (SSSR count). The third-order valence-corrected chi connectivity index (χ3v) is 4.51. The number of benzene rings is 1. The van der Waals surface area contributed by atoms with Gasteiger partial charge in [-0.3, -0.25) is 4.72 Å². The molecule has 0 saturated carbocycles. The molecule has 0 aromatic heterocycles. The summed E-state index contributed by atoms with van der Waals surface area (Å²) in [6.45, 7) is 4.28. The summed E-state index contributed by atoms with van der Waals surface area (Å²) in [5.74, 6) is 0.842. The highest BCUT2D eigenvalue weighted by Crippen LogP contribution is 2.35. The van der Waals surface area contributed by atoms with E-state index in [1.165, 1.54) is 30.7 Å². The molecule has 0 heterocycles. The van der Waals surface area contributed by atoms with Crippen molar-refractivity contribution >= 4 is 21.6 Å². The van der Waals surface area contributed by atoms with Crippen LogP contribution in [0.5, 0.6) is 11.5 Å². The number of methoxy groups -OCH3 is 2. The molecular weight excluding hydrogens is 282 g/mol. The van der Waals surface area contributed by atoms with Gasteiger partial charge in [0.25, 0.3) is 0 Å². The minimum atomic E-state index is -3.64. The average Bonchev–Trinajstić information content (AvgIpc) is 2.41. The van der Waals surface area contributed by atoms with E-state index in [9.17, 15) is 8.42 Å². The van der Waals surface area contributed by atoms with Crippen molar-refractivity contribution in [2.24, 2.45) is 0 Å². The molecule has 0 radical (unpaired) electrons. The van der Waals surface area contributed by atoms with E-state index in [-0.39, 0.29) is 11.4 Å². The second-order valence-electron chi connectivity index (χ2n) is 3.99. The Balaban J connectivity index is 3.15. The molecule has 1 aromatic rings. The Hall–Kier alpha value is -1.67. The lowest BCUT2D eigenvalue weighted by Gasteiger charge is -2.21. The van der Waals surface area contributed by atoms with Crippen LogP contribution in [0.1, 0.15) is 13.8 Å². The van der Waals surface area contributed by atoms with Gasteiger partial charge in [0.1, 0.15) is 0 Å². The minimum Gasteiger partial charge on any atom is -0.493 e. The smallest absolute Gasteiger partial charge is 0.301 e. The second-order valence-corrected chi connectivity index (χ2v) is 5.66. The number of nitrogens with zero attached hydrogens (tertiary/aromatic N) is 1. The highest BCUT2D eigenvalue weighted by molar-refractivity contribution is 7.90. The summed E-state index contributed by atoms with van der Waals surface area (Å²) < 4.78 is 38.3. The van der Waals surface area contributed by atoms with E-state index in [0.717, 1.165) is 0 Å². The van der Waals surface area contributed by atoms with Crippen molar-refractivity contribution in [2.45, 2.75) is 13.8 Å². The second kappa shape index (κ2) is 6.67. The van der Waals surface area contributed by atoms with Crippen LogP contribution in [0.25, 0.3) is 0 Å². The maximum Gasteiger partial charge on any atom is 0.301 e. The molecule has 0 spiro atoms. The fourth-order valence-corrected chi connectivity index (χ4v) is 3.01. The zero-order valence-electron chi connectivity index (χ0n) is 12.1. The average molecular weight is 303 g/mol. The Labute approximate surface area is 119 Å². The van der Waals surface area contributed by atoms with Gasteiger partial charge in [-0.05, 0) is 0 Å². The van der Waals surface area contributed by atoms with E-state index < -0.39 is 10.2 Å². The topological polar surface area (TPSA) is 93.9 Å². The van der Waals surface area contributed by atoms with Crippen LogP contribution in [0.4, 0.5) is 11.4 Å². The van der Waals surface area contributed by atoms with Gasteiger partial charge in [0, 0.05) is 25.2 Å². The van der Waals surface area contributed by atoms with Crippen molar-refractivity contribution in [2.75, 3.05) is 37.8 Å². The first-order chi connectivity index (χ1) is 9.39. The summed E-state index contributed by atoms with van der Waals surface area (Å²) in [6.07, 6.45) is 0. The van der Waals surface area contributed by atoms with Crippen molar-refractivity contribution in [3.8, 4) is 11.5 Å². The number of ether oxygens (including phenoxy) is 2. The molecule has 0 aliphatic heterocycles. The number of nitrogens with one attached hydrogen (secondary N) is 1. The molecule has 114 valence electrons. The van der Waals surface area contributed by atoms with Gasteiger partial charge < -0.3 is 15.2 Å². The van der Waals surface area contributed by atoms with Crippen LogP contribution in [0.3, 0.4) is 0 Å². The molecule has 20 heavy (non-hydrogen) atoms. The zero-order valence-corrected chi connectivity index (χ0v) is 13.0. The van der Waals surface area contributed by atoms with Crippen molar-refractivity contribution in [3.05, 3.63) is 12.1 Å². The monoisotopic (exact) mass is 303 g/mol. The Morgan fingerprint density at radius 1 is 1.15 bits per heavy atom. The third-order valence-electron chi connectivity index (χ3n) is 2.84. The summed E-state index contributed by atoms with van der Waals surface area (Å²) in [7, 11) is -0.684. The Morgan fingerprint density at radius 3 is 2.10 bits per heavy atom. The summed E-state index contributed by atoms with van der Waals surface area (Å²) in [6, 6.07) is 3.01. The molecule has 0 saturated heterocycles. The number of nitrogens with two attached hydrogens (primary N) is 1. The number of nitrogen functional groups attached to an aromatic ring is 1. The van der Waals surface area contributed by atoms with Crippen molar-refractivity contribution in [1.29, 1.82) is 0 Å². The van der Waals surface area contributed by atoms with Crippen LogP contribution in [-0.4, -0.2) is 40.0 Å². The Kier molecular flexibility index (Phi) is 5.46. The first kappa shape index (κ1) is 16.4. The standard InChI is InChI=1S/C12H21N3O4S/c1-5-15(6-2)20(16,17)14-10-8-12(19-4)11(18-3)7-9(10)13/h7-8,14H,5-6,13H2,1-4H3. The molecule has 1 aromatic carbocycles. The third kappa shape index (κ3) is 3.45. The molecule has 3 N–H and O–H groups in total.